The maximum absolute atomic E-state index is 12.9. The SMILES string of the molecule is CCN(C)Cc1nc2c(O)c(Cl)cc(Cl)c2c(=O)n1CC1CC1. The van der Waals surface area contributed by atoms with E-state index in [-0.39, 0.29) is 32.3 Å². The Morgan fingerprint density at radius 3 is 2.70 bits per heavy atom. The van der Waals surface area contributed by atoms with Crippen molar-refractivity contribution >= 4 is 34.1 Å². The fourth-order valence-electron chi connectivity index (χ4n) is 2.57. The molecule has 124 valence electrons. The summed E-state index contributed by atoms with van der Waals surface area (Å²) in [5.41, 5.74) is -0.0302. The van der Waals surface area contributed by atoms with Crippen LogP contribution >= 0.6 is 23.2 Å². The van der Waals surface area contributed by atoms with Gasteiger partial charge in [0.25, 0.3) is 5.56 Å². The lowest BCUT2D eigenvalue weighted by atomic mass is 10.2. The van der Waals surface area contributed by atoms with Gasteiger partial charge in [0, 0.05) is 6.54 Å². The molecule has 1 fully saturated rings. The molecule has 0 aliphatic heterocycles. The van der Waals surface area contributed by atoms with Crippen LogP contribution in [0.25, 0.3) is 10.9 Å². The summed E-state index contributed by atoms with van der Waals surface area (Å²) >= 11 is 12.2. The number of benzene rings is 1. The first kappa shape index (κ1) is 16.6. The molecule has 1 aliphatic rings. The lowest BCUT2D eigenvalue weighted by Gasteiger charge is -2.19. The van der Waals surface area contributed by atoms with Gasteiger partial charge in [0.15, 0.2) is 5.75 Å². The minimum Gasteiger partial charge on any atom is -0.504 e. The Balaban J connectivity index is 2.25. The molecule has 1 heterocycles. The molecular formula is C16H19Cl2N3O2. The first-order valence-electron chi connectivity index (χ1n) is 7.71. The van der Waals surface area contributed by atoms with Crippen LogP contribution in [-0.4, -0.2) is 33.1 Å². The molecule has 1 aromatic heterocycles. The predicted molar refractivity (Wildman–Crippen MR) is 92.4 cm³/mol. The number of fused-ring (bicyclic) bond motifs is 1. The van der Waals surface area contributed by atoms with E-state index in [1.165, 1.54) is 6.07 Å². The molecule has 0 saturated heterocycles. The van der Waals surface area contributed by atoms with Crippen molar-refractivity contribution in [1.82, 2.24) is 14.5 Å². The Morgan fingerprint density at radius 1 is 1.39 bits per heavy atom. The predicted octanol–water partition coefficient (Wildman–Crippen LogP) is 3.27. The summed E-state index contributed by atoms with van der Waals surface area (Å²) in [4.78, 5) is 19.5. The Kier molecular flexibility index (Phi) is 4.54. The number of phenolic OH excluding ortho intramolecular Hbond substituents is 1. The van der Waals surface area contributed by atoms with Crippen molar-refractivity contribution in [3.63, 3.8) is 0 Å². The van der Waals surface area contributed by atoms with E-state index in [9.17, 15) is 9.90 Å². The van der Waals surface area contributed by atoms with Crippen LogP contribution < -0.4 is 5.56 Å². The van der Waals surface area contributed by atoms with E-state index in [1.807, 2.05) is 14.0 Å². The van der Waals surface area contributed by atoms with E-state index in [4.69, 9.17) is 23.2 Å². The number of hydrogen-bond acceptors (Lipinski definition) is 4. The van der Waals surface area contributed by atoms with Gasteiger partial charge in [-0.3, -0.25) is 14.3 Å². The molecular weight excluding hydrogens is 337 g/mol. The summed E-state index contributed by atoms with van der Waals surface area (Å²) in [5, 5.41) is 10.8. The summed E-state index contributed by atoms with van der Waals surface area (Å²) in [5.74, 6) is 0.965. The quantitative estimate of drug-likeness (QED) is 0.893. The summed E-state index contributed by atoms with van der Waals surface area (Å²) in [7, 11) is 1.96. The van der Waals surface area contributed by atoms with Gasteiger partial charge in [-0.25, -0.2) is 4.98 Å². The lowest BCUT2D eigenvalue weighted by molar-refractivity contribution is 0.325. The molecule has 1 saturated carbocycles. The Bertz CT molecular complexity index is 815. The first-order chi connectivity index (χ1) is 10.9. The normalized spacial score (nSPS) is 14.8. The van der Waals surface area contributed by atoms with Gasteiger partial charge in [-0.1, -0.05) is 30.1 Å². The lowest BCUT2D eigenvalue weighted by Crippen LogP contribution is -2.30. The van der Waals surface area contributed by atoms with Crippen molar-refractivity contribution in [3.8, 4) is 5.75 Å². The van der Waals surface area contributed by atoms with Crippen LogP contribution in [0, 0.1) is 5.92 Å². The van der Waals surface area contributed by atoms with Crippen LogP contribution in [0.15, 0.2) is 10.9 Å². The number of halogens is 2. The highest BCUT2D eigenvalue weighted by Gasteiger charge is 2.26. The molecule has 23 heavy (non-hydrogen) atoms. The molecule has 0 bridgehead atoms. The van der Waals surface area contributed by atoms with Crippen molar-refractivity contribution < 1.29 is 5.11 Å². The molecule has 1 N–H and O–H groups in total. The Hall–Kier alpha value is -1.30. The summed E-state index contributed by atoms with van der Waals surface area (Å²) < 4.78 is 1.70. The monoisotopic (exact) mass is 355 g/mol. The molecule has 0 atom stereocenters. The van der Waals surface area contributed by atoms with Gasteiger partial charge in [-0.2, -0.15) is 0 Å². The number of rotatable bonds is 5. The highest BCUT2D eigenvalue weighted by atomic mass is 35.5. The third-order valence-electron chi connectivity index (χ3n) is 4.28. The van der Waals surface area contributed by atoms with Crippen molar-refractivity contribution in [1.29, 1.82) is 0 Å². The number of phenols is 1. The number of aromatic hydroxyl groups is 1. The van der Waals surface area contributed by atoms with Crippen molar-refractivity contribution in [3.05, 3.63) is 32.3 Å². The third-order valence-corrected chi connectivity index (χ3v) is 4.87. The zero-order valence-electron chi connectivity index (χ0n) is 13.1. The van der Waals surface area contributed by atoms with Crippen LogP contribution in [0.1, 0.15) is 25.6 Å². The standard InChI is InChI=1S/C16H19Cl2N3O2/c1-3-20(2)8-12-19-14-13(10(17)6-11(18)15(14)22)16(23)21(12)7-9-4-5-9/h6,9,22H,3-5,7-8H2,1-2H3. The Morgan fingerprint density at radius 2 is 2.09 bits per heavy atom. The van der Waals surface area contributed by atoms with Crippen molar-refractivity contribution in [2.24, 2.45) is 5.92 Å². The molecule has 5 nitrogen and oxygen atoms in total. The van der Waals surface area contributed by atoms with Gasteiger partial charge in [-0.15, -0.1) is 0 Å². The van der Waals surface area contributed by atoms with Crippen LogP contribution in [0.4, 0.5) is 0 Å². The molecule has 3 rings (SSSR count). The Labute approximate surface area is 144 Å². The number of hydrogen-bond donors (Lipinski definition) is 1. The summed E-state index contributed by atoms with van der Waals surface area (Å²) in [6, 6.07) is 1.39. The molecule has 1 aromatic carbocycles. The molecule has 0 spiro atoms. The van der Waals surface area contributed by atoms with Crippen LogP contribution in [0.3, 0.4) is 0 Å². The highest BCUT2D eigenvalue weighted by Crippen LogP contribution is 2.35. The average Bonchev–Trinajstić information content (AvgIpc) is 3.32. The highest BCUT2D eigenvalue weighted by molar-refractivity contribution is 6.39. The van der Waals surface area contributed by atoms with E-state index in [1.54, 1.807) is 4.57 Å². The van der Waals surface area contributed by atoms with Gasteiger partial charge < -0.3 is 5.11 Å². The fraction of sp³-hybridized carbons (Fsp3) is 0.500. The number of aromatic nitrogens is 2. The summed E-state index contributed by atoms with van der Waals surface area (Å²) in [6.07, 6.45) is 2.26. The van der Waals surface area contributed by atoms with Crippen LogP contribution in [0.2, 0.25) is 10.0 Å². The molecule has 0 radical (unpaired) electrons. The van der Waals surface area contributed by atoms with Gasteiger partial charge in [-0.05, 0) is 38.4 Å². The van der Waals surface area contributed by atoms with Gasteiger partial charge in [0.1, 0.15) is 11.3 Å². The van der Waals surface area contributed by atoms with E-state index in [0.717, 1.165) is 19.4 Å². The van der Waals surface area contributed by atoms with Crippen LogP contribution in [-0.2, 0) is 13.1 Å². The average molecular weight is 356 g/mol. The second kappa shape index (κ2) is 6.30. The summed E-state index contributed by atoms with van der Waals surface area (Å²) in [6.45, 7) is 4.04. The fourth-order valence-corrected chi connectivity index (χ4v) is 3.11. The first-order valence-corrected chi connectivity index (χ1v) is 8.46. The van der Waals surface area contributed by atoms with E-state index in [0.29, 0.717) is 24.8 Å². The molecule has 0 amide bonds. The molecule has 1 aliphatic carbocycles. The van der Waals surface area contributed by atoms with Gasteiger partial charge in [0.2, 0.25) is 0 Å². The van der Waals surface area contributed by atoms with E-state index < -0.39 is 0 Å². The van der Waals surface area contributed by atoms with E-state index >= 15 is 0 Å². The molecule has 7 heteroatoms. The van der Waals surface area contributed by atoms with Gasteiger partial charge >= 0.3 is 0 Å². The molecule has 2 aromatic rings. The molecule has 0 unspecified atom stereocenters. The van der Waals surface area contributed by atoms with Crippen molar-refractivity contribution in [2.75, 3.05) is 13.6 Å². The smallest absolute Gasteiger partial charge is 0.263 e. The van der Waals surface area contributed by atoms with Crippen molar-refractivity contribution in [2.45, 2.75) is 32.9 Å². The zero-order valence-corrected chi connectivity index (χ0v) is 14.7. The number of nitrogens with zero attached hydrogens (tertiary/aromatic N) is 3. The van der Waals surface area contributed by atoms with Gasteiger partial charge in [0.05, 0.1) is 22.0 Å². The maximum Gasteiger partial charge on any atom is 0.263 e. The minimum atomic E-state index is -0.210. The maximum atomic E-state index is 12.9. The largest absolute Gasteiger partial charge is 0.504 e. The topological polar surface area (TPSA) is 58.4 Å². The van der Waals surface area contributed by atoms with Crippen LogP contribution in [0.5, 0.6) is 5.75 Å². The second-order valence-electron chi connectivity index (χ2n) is 6.13. The third kappa shape index (κ3) is 3.18. The van der Waals surface area contributed by atoms with E-state index in [2.05, 4.69) is 9.88 Å². The second-order valence-corrected chi connectivity index (χ2v) is 6.94. The zero-order chi connectivity index (χ0) is 16.7. The minimum absolute atomic E-state index is 0.101.